The van der Waals surface area contributed by atoms with E-state index in [2.05, 4.69) is 38.0 Å². The molecule has 2 aromatic rings. The van der Waals surface area contributed by atoms with Gasteiger partial charge in [0.2, 0.25) is 0 Å². The fourth-order valence-electron chi connectivity index (χ4n) is 2.35. The first-order valence-corrected chi connectivity index (χ1v) is 6.42. The standard InChI is InChI=1S/C15H21N3O/c1-9(2)11-7-6-10(3)13(14(11)19-5)12-8-17-18(4)15(12)16/h6-9H,16H2,1-5H3. The molecule has 0 bridgehead atoms. The summed E-state index contributed by atoms with van der Waals surface area (Å²) in [6.07, 6.45) is 1.80. The summed E-state index contributed by atoms with van der Waals surface area (Å²) in [5.41, 5.74) is 10.4. The van der Waals surface area contributed by atoms with Crippen molar-refractivity contribution in [2.24, 2.45) is 7.05 Å². The molecule has 0 aliphatic heterocycles. The number of nitrogens with zero attached hydrogens (tertiary/aromatic N) is 2. The summed E-state index contributed by atoms with van der Waals surface area (Å²) in [6.45, 7) is 6.38. The van der Waals surface area contributed by atoms with Gasteiger partial charge in [0.1, 0.15) is 11.6 Å². The van der Waals surface area contributed by atoms with E-state index in [0.29, 0.717) is 11.7 Å². The molecule has 0 aliphatic carbocycles. The van der Waals surface area contributed by atoms with E-state index in [4.69, 9.17) is 10.5 Å². The third-order valence-electron chi connectivity index (χ3n) is 3.48. The molecule has 2 N–H and O–H groups in total. The molecular formula is C15H21N3O. The summed E-state index contributed by atoms with van der Waals surface area (Å²) in [6, 6.07) is 4.23. The number of aryl methyl sites for hydroxylation is 2. The Balaban J connectivity index is 2.75. The van der Waals surface area contributed by atoms with Gasteiger partial charge in [-0.2, -0.15) is 5.10 Å². The van der Waals surface area contributed by atoms with E-state index in [9.17, 15) is 0 Å². The molecular weight excluding hydrogens is 238 g/mol. The Morgan fingerprint density at radius 1 is 1.32 bits per heavy atom. The zero-order valence-electron chi connectivity index (χ0n) is 12.2. The summed E-state index contributed by atoms with van der Waals surface area (Å²) in [4.78, 5) is 0. The Bertz CT molecular complexity index is 600. The van der Waals surface area contributed by atoms with Gasteiger partial charge < -0.3 is 10.5 Å². The van der Waals surface area contributed by atoms with Crippen LogP contribution in [0.25, 0.3) is 11.1 Å². The second kappa shape index (κ2) is 4.96. The lowest BCUT2D eigenvalue weighted by Gasteiger charge is -2.18. The van der Waals surface area contributed by atoms with Crippen LogP contribution in [0.2, 0.25) is 0 Å². The van der Waals surface area contributed by atoms with Gasteiger partial charge in [0, 0.05) is 18.2 Å². The lowest BCUT2D eigenvalue weighted by Crippen LogP contribution is -2.01. The molecule has 1 aromatic carbocycles. The van der Waals surface area contributed by atoms with Crippen molar-refractivity contribution < 1.29 is 4.74 Å². The van der Waals surface area contributed by atoms with Crippen molar-refractivity contribution in [3.8, 4) is 16.9 Å². The second-order valence-corrected chi connectivity index (χ2v) is 5.10. The van der Waals surface area contributed by atoms with Crippen LogP contribution in [0.5, 0.6) is 5.75 Å². The maximum Gasteiger partial charge on any atom is 0.130 e. The molecule has 102 valence electrons. The fraction of sp³-hybridized carbons (Fsp3) is 0.400. The maximum absolute atomic E-state index is 6.10. The molecule has 0 saturated carbocycles. The van der Waals surface area contributed by atoms with E-state index < -0.39 is 0 Å². The first-order valence-electron chi connectivity index (χ1n) is 6.42. The average Bonchev–Trinajstić information content (AvgIpc) is 2.69. The molecule has 0 spiro atoms. The zero-order valence-corrected chi connectivity index (χ0v) is 12.2. The highest BCUT2D eigenvalue weighted by Gasteiger charge is 2.19. The minimum Gasteiger partial charge on any atom is -0.496 e. The van der Waals surface area contributed by atoms with Gasteiger partial charge in [0.15, 0.2) is 0 Å². The molecule has 4 nitrogen and oxygen atoms in total. The van der Waals surface area contributed by atoms with Crippen molar-refractivity contribution in [3.05, 3.63) is 29.5 Å². The first kappa shape index (κ1) is 13.5. The number of benzene rings is 1. The van der Waals surface area contributed by atoms with Crippen LogP contribution in [0.1, 0.15) is 30.9 Å². The number of nitrogens with two attached hydrogens (primary N) is 1. The molecule has 0 saturated heterocycles. The quantitative estimate of drug-likeness (QED) is 0.921. The van der Waals surface area contributed by atoms with Crippen LogP contribution in [0, 0.1) is 6.92 Å². The number of nitrogen functional groups attached to an aromatic ring is 1. The fourth-order valence-corrected chi connectivity index (χ4v) is 2.35. The summed E-state index contributed by atoms with van der Waals surface area (Å²) in [5.74, 6) is 1.95. The Morgan fingerprint density at radius 3 is 2.47 bits per heavy atom. The Labute approximate surface area is 114 Å². The van der Waals surface area contributed by atoms with Crippen molar-refractivity contribution in [2.45, 2.75) is 26.7 Å². The number of methoxy groups -OCH3 is 1. The predicted molar refractivity (Wildman–Crippen MR) is 78.4 cm³/mol. The largest absolute Gasteiger partial charge is 0.496 e. The van der Waals surface area contributed by atoms with Crippen molar-refractivity contribution >= 4 is 5.82 Å². The summed E-state index contributed by atoms with van der Waals surface area (Å²) in [7, 11) is 3.55. The van der Waals surface area contributed by atoms with Gasteiger partial charge in [-0.3, -0.25) is 4.68 Å². The molecule has 0 atom stereocenters. The molecule has 1 aromatic heterocycles. The summed E-state index contributed by atoms with van der Waals surface area (Å²) in [5, 5.41) is 4.22. The van der Waals surface area contributed by atoms with E-state index in [0.717, 1.165) is 22.4 Å². The molecule has 2 rings (SSSR count). The van der Waals surface area contributed by atoms with E-state index in [1.54, 1.807) is 18.0 Å². The smallest absolute Gasteiger partial charge is 0.130 e. The third kappa shape index (κ3) is 2.18. The maximum atomic E-state index is 6.10. The SMILES string of the molecule is COc1c(C(C)C)ccc(C)c1-c1cnn(C)c1N. The molecule has 19 heavy (non-hydrogen) atoms. The third-order valence-corrected chi connectivity index (χ3v) is 3.48. The van der Waals surface area contributed by atoms with Crippen LogP contribution < -0.4 is 10.5 Å². The number of hydrogen-bond donors (Lipinski definition) is 1. The monoisotopic (exact) mass is 259 g/mol. The van der Waals surface area contributed by atoms with Gasteiger partial charge in [-0.1, -0.05) is 26.0 Å². The lowest BCUT2D eigenvalue weighted by molar-refractivity contribution is 0.409. The zero-order chi connectivity index (χ0) is 14.2. The highest BCUT2D eigenvalue weighted by Crippen LogP contribution is 2.40. The van der Waals surface area contributed by atoms with Crippen LogP contribution in [-0.4, -0.2) is 16.9 Å². The topological polar surface area (TPSA) is 53.1 Å². The van der Waals surface area contributed by atoms with Crippen molar-refractivity contribution in [1.29, 1.82) is 0 Å². The number of hydrogen-bond acceptors (Lipinski definition) is 3. The second-order valence-electron chi connectivity index (χ2n) is 5.10. The number of rotatable bonds is 3. The van der Waals surface area contributed by atoms with Crippen LogP contribution >= 0.6 is 0 Å². The van der Waals surface area contributed by atoms with Crippen LogP contribution in [0.3, 0.4) is 0 Å². The first-order chi connectivity index (χ1) is 8.97. The summed E-state index contributed by atoms with van der Waals surface area (Å²) >= 11 is 0. The number of anilines is 1. The highest BCUT2D eigenvalue weighted by atomic mass is 16.5. The Kier molecular flexibility index (Phi) is 3.51. The minimum atomic E-state index is 0.396. The lowest BCUT2D eigenvalue weighted by atomic mass is 9.93. The molecule has 0 radical (unpaired) electrons. The van der Waals surface area contributed by atoms with Gasteiger partial charge in [0.25, 0.3) is 0 Å². The van der Waals surface area contributed by atoms with E-state index in [1.807, 2.05) is 7.05 Å². The molecule has 4 heteroatoms. The van der Waals surface area contributed by atoms with Crippen LogP contribution in [0.4, 0.5) is 5.82 Å². The van der Waals surface area contributed by atoms with Gasteiger partial charge in [0.05, 0.1) is 13.3 Å². The van der Waals surface area contributed by atoms with Crippen LogP contribution in [-0.2, 0) is 7.05 Å². The minimum absolute atomic E-state index is 0.396. The van der Waals surface area contributed by atoms with Gasteiger partial charge in [-0.25, -0.2) is 0 Å². The van der Waals surface area contributed by atoms with E-state index in [1.165, 1.54) is 5.56 Å². The normalized spacial score (nSPS) is 11.1. The molecule has 0 amide bonds. The van der Waals surface area contributed by atoms with Crippen molar-refractivity contribution in [1.82, 2.24) is 9.78 Å². The van der Waals surface area contributed by atoms with Gasteiger partial charge >= 0.3 is 0 Å². The molecule has 1 heterocycles. The van der Waals surface area contributed by atoms with E-state index >= 15 is 0 Å². The number of aromatic nitrogens is 2. The summed E-state index contributed by atoms with van der Waals surface area (Å²) < 4.78 is 7.32. The molecule has 0 aliphatic rings. The Hall–Kier alpha value is -1.97. The molecule has 0 fully saturated rings. The van der Waals surface area contributed by atoms with E-state index in [-0.39, 0.29) is 0 Å². The predicted octanol–water partition coefficient (Wildman–Crippen LogP) is 3.11. The van der Waals surface area contributed by atoms with Crippen molar-refractivity contribution in [2.75, 3.05) is 12.8 Å². The molecule has 0 unspecified atom stereocenters. The number of ether oxygens (including phenoxy) is 1. The highest BCUT2D eigenvalue weighted by molar-refractivity contribution is 5.82. The van der Waals surface area contributed by atoms with Crippen LogP contribution in [0.15, 0.2) is 18.3 Å². The Morgan fingerprint density at radius 2 is 2.00 bits per heavy atom. The van der Waals surface area contributed by atoms with Gasteiger partial charge in [-0.15, -0.1) is 0 Å². The average molecular weight is 259 g/mol. The van der Waals surface area contributed by atoms with Crippen molar-refractivity contribution in [3.63, 3.8) is 0 Å². The van der Waals surface area contributed by atoms with Gasteiger partial charge in [-0.05, 0) is 24.0 Å².